The maximum absolute atomic E-state index is 5.65. The molecule has 1 saturated heterocycles. The standard InChI is InChI=1S/C32H52N4/c1-3-36-24-16-23-35(22-15-7-5-4-6-14-21-33)28-31(25-29-17-10-8-11-18-29)34(2)27-32(36)26-30-19-12-9-13-20-30/h8-13,17-20,31-32H,3-7,14-16,21-28,33H2,1-2H3/t31-,32+/m0/s1. The summed E-state index contributed by atoms with van der Waals surface area (Å²) >= 11 is 0. The van der Waals surface area contributed by atoms with Gasteiger partial charge in [-0.05, 0) is 83.0 Å². The van der Waals surface area contributed by atoms with Gasteiger partial charge in [-0.2, -0.15) is 0 Å². The number of hydrogen-bond donors (Lipinski definition) is 1. The summed E-state index contributed by atoms with van der Waals surface area (Å²) in [5.41, 5.74) is 8.56. The lowest BCUT2D eigenvalue weighted by Gasteiger charge is -2.41. The summed E-state index contributed by atoms with van der Waals surface area (Å²) in [6.45, 7) is 10.2. The highest BCUT2D eigenvalue weighted by Crippen LogP contribution is 2.18. The van der Waals surface area contributed by atoms with Crippen molar-refractivity contribution in [2.45, 2.75) is 76.8 Å². The molecule has 2 atom stereocenters. The van der Waals surface area contributed by atoms with Gasteiger partial charge >= 0.3 is 0 Å². The first-order chi connectivity index (χ1) is 17.7. The van der Waals surface area contributed by atoms with Gasteiger partial charge < -0.3 is 15.5 Å². The fourth-order valence-electron chi connectivity index (χ4n) is 5.80. The van der Waals surface area contributed by atoms with Crippen molar-refractivity contribution in [3.05, 3.63) is 71.8 Å². The number of unbranched alkanes of at least 4 members (excludes halogenated alkanes) is 5. The van der Waals surface area contributed by atoms with Gasteiger partial charge in [-0.3, -0.25) is 4.90 Å². The third-order valence-corrected chi connectivity index (χ3v) is 7.99. The number of nitrogens with two attached hydrogens (primary N) is 1. The van der Waals surface area contributed by atoms with Crippen molar-refractivity contribution >= 4 is 0 Å². The lowest BCUT2D eigenvalue weighted by molar-refractivity contribution is 0.0875. The van der Waals surface area contributed by atoms with E-state index in [-0.39, 0.29) is 0 Å². The van der Waals surface area contributed by atoms with Crippen molar-refractivity contribution in [3.63, 3.8) is 0 Å². The number of nitrogens with zero attached hydrogens (tertiary/aromatic N) is 3. The third kappa shape index (κ3) is 10.3. The predicted molar refractivity (Wildman–Crippen MR) is 156 cm³/mol. The Morgan fingerprint density at radius 2 is 1.31 bits per heavy atom. The molecule has 1 aliphatic rings. The first-order valence-corrected chi connectivity index (χ1v) is 14.6. The Labute approximate surface area is 221 Å². The SMILES string of the molecule is CCN1CCCN(CCCCCCCCN)C[C@H](Cc2ccccc2)N(C)C[C@H]1Cc1ccccc1. The Morgan fingerprint density at radius 3 is 1.92 bits per heavy atom. The molecular weight excluding hydrogens is 440 g/mol. The molecule has 3 rings (SSSR count). The Balaban J connectivity index is 1.67. The van der Waals surface area contributed by atoms with Crippen LogP contribution in [0.4, 0.5) is 0 Å². The van der Waals surface area contributed by atoms with Crippen molar-refractivity contribution in [1.29, 1.82) is 0 Å². The second kappa shape index (κ2) is 16.9. The smallest absolute Gasteiger partial charge is 0.0263 e. The molecule has 0 aromatic heterocycles. The summed E-state index contributed by atoms with van der Waals surface area (Å²) in [6, 6.07) is 23.3. The van der Waals surface area contributed by atoms with Crippen LogP contribution < -0.4 is 5.73 Å². The summed E-state index contributed by atoms with van der Waals surface area (Å²) in [4.78, 5) is 8.19. The van der Waals surface area contributed by atoms with Crippen LogP contribution in [0.25, 0.3) is 0 Å². The first kappa shape index (κ1) is 28.8. The van der Waals surface area contributed by atoms with Crippen LogP contribution in [-0.4, -0.2) is 79.6 Å². The van der Waals surface area contributed by atoms with E-state index in [1.54, 1.807) is 0 Å². The highest BCUT2D eigenvalue weighted by molar-refractivity contribution is 5.17. The molecule has 0 bridgehead atoms. The quantitative estimate of drug-likeness (QED) is 0.376. The van der Waals surface area contributed by atoms with Crippen molar-refractivity contribution in [2.24, 2.45) is 5.73 Å². The molecule has 4 heteroatoms. The number of hydrogen-bond acceptors (Lipinski definition) is 4. The molecule has 1 heterocycles. The van der Waals surface area contributed by atoms with Crippen LogP contribution in [0.2, 0.25) is 0 Å². The summed E-state index contributed by atoms with van der Waals surface area (Å²) < 4.78 is 0. The maximum Gasteiger partial charge on any atom is 0.0263 e. The first-order valence-electron chi connectivity index (χ1n) is 14.6. The van der Waals surface area contributed by atoms with Gasteiger partial charge in [0.05, 0.1) is 0 Å². The van der Waals surface area contributed by atoms with Gasteiger partial charge in [-0.25, -0.2) is 0 Å². The van der Waals surface area contributed by atoms with Crippen molar-refractivity contribution in [3.8, 4) is 0 Å². The number of benzene rings is 2. The largest absolute Gasteiger partial charge is 0.330 e. The highest BCUT2D eigenvalue weighted by atomic mass is 15.3. The summed E-state index contributed by atoms with van der Waals surface area (Å²) in [7, 11) is 2.37. The zero-order chi connectivity index (χ0) is 25.4. The minimum atomic E-state index is 0.534. The van der Waals surface area contributed by atoms with Crippen LogP contribution in [0.1, 0.15) is 63.0 Å². The summed E-state index contributed by atoms with van der Waals surface area (Å²) in [6.07, 6.45) is 11.3. The van der Waals surface area contributed by atoms with Gasteiger partial charge in [0, 0.05) is 25.2 Å². The average Bonchev–Trinajstić information content (AvgIpc) is 2.90. The van der Waals surface area contributed by atoms with Crippen molar-refractivity contribution < 1.29 is 0 Å². The van der Waals surface area contributed by atoms with Crippen molar-refractivity contribution in [1.82, 2.24) is 14.7 Å². The molecule has 0 aliphatic carbocycles. The van der Waals surface area contributed by atoms with Gasteiger partial charge in [0.25, 0.3) is 0 Å². The van der Waals surface area contributed by atoms with E-state index in [1.807, 2.05) is 0 Å². The molecule has 36 heavy (non-hydrogen) atoms. The van der Waals surface area contributed by atoms with E-state index < -0.39 is 0 Å². The predicted octanol–water partition coefficient (Wildman–Crippen LogP) is 5.47. The van der Waals surface area contributed by atoms with Crippen LogP contribution >= 0.6 is 0 Å². The number of likely N-dealkylation sites (N-methyl/N-ethyl adjacent to an activating group) is 2. The zero-order valence-corrected chi connectivity index (χ0v) is 23.2. The monoisotopic (exact) mass is 492 g/mol. The average molecular weight is 493 g/mol. The van der Waals surface area contributed by atoms with Crippen LogP contribution in [0.5, 0.6) is 0 Å². The zero-order valence-electron chi connectivity index (χ0n) is 23.2. The molecule has 2 aromatic rings. The molecule has 0 saturated carbocycles. The lowest BCUT2D eigenvalue weighted by atomic mass is 9.99. The summed E-state index contributed by atoms with van der Waals surface area (Å²) in [5.74, 6) is 0. The molecule has 2 aromatic carbocycles. The molecule has 0 spiro atoms. The van der Waals surface area contributed by atoms with E-state index in [4.69, 9.17) is 5.73 Å². The van der Waals surface area contributed by atoms with Crippen LogP contribution in [0.3, 0.4) is 0 Å². The number of rotatable bonds is 13. The Hall–Kier alpha value is -1.72. The molecule has 0 amide bonds. The highest BCUT2D eigenvalue weighted by Gasteiger charge is 2.26. The van der Waals surface area contributed by atoms with Gasteiger partial charge in [0.2, 0.25) is 0 Å². The molecule has 1 aliphatic heterocycles. The topological polar surface area (TPSA) is 35.7 Å². The minimum Gasteiger partial charge on any atom is -0.330 e. The molecule has 1 fully saturated rings. The van der Waals surface area contributed by atoms with Crippen LogP contribution in [0, 0.1) is 0 Å². The van der Waals surface area contributed by atoms with Crippen LogP contribution in [0.15, 0.2) is 60.7 Å². The third-order valence-electron chi connectivity index (χ3n) is 7.99. The molecular formula is C32H52N4. The molecule has 0 unspecified atom stereocenters. The van der Waals surface area contributed by atoms with E-state index in [2.05, 4.69) is 89.3 Å². The van der Waals surface area contributed by atoms with Crippen LogP contribution in [-0.2, 0) is 12.8 Å². The Bertz CT molecular complexity index is 796. The second-order valence-electron chi connectivity index (χ2n) is 10.8. The normalized spacial score (nSPS) is 21.0. The second-order valence-corrected chi connectivity index (χ2v) is 10.8. The van der Waals surface area contributed by atoms with Gasteiger partial charge in [0.15, 0.2) is 0 Å². The Morgan fingerprint density at radius 1 is 0.722 bits per heavy atom. The molecule has 4 nitrogen and oxygen atoms in total. The van der Waals surface area contributed by atoms with E-state index >= 15 is 0 Å². The van der Waals surface area contributed by atoms with E-state index in [0.717, 1.165) is 32.5 Å². The van der Waals surface area contributed by atoms with Gasteiger partial charge in [0.1, 0.15) is 0 Å². The summed E-state index contributed by atoms with van der Waals surface area (Å²) in [5, 5.41) is 0. The van der Waals surface area contributed by atoms with Gasteiger partial charge in [-0.1, -0.05) is 93.3 Å². The fourth-order valence-corrected chi connectivity index (χ4v) is 5.80. The lowest BCUT2D eigenvalue weighted by Crippen LogP contribution is -2.52. The van der Waals surface area contributed by atoms with E-state index in [0.29, 0.717) is 12.1 Å². The Kier molecular flexibility index (Phi) is 13.6. The molecule has 2 N–H and O–H groups in total. The molecule has 0 radical (unpaired) electrons. The van der Waals surface area contributed by atoms with E-state index in [9.17, 15) is 0 Å². The van der Waals surface area contributed by atoms with Crippen molar-refractivity contribution in [2.75, 3.05) is 52.9 Å². The fraction of sp³-hybridized carbons (Fsp3) is 0.625. The molecule has 200 valence electrons. The minimum absolute atomic E-state index is 0.534. The maximum atomic E-state index is 5.65. The van der Waals surface area contributed by atoms with Gasteiger partial charge in [-0.15, -0.1) is 0 Å². The van der Waals surface area contributed by atoms with E-state index in [1.165, 1.54) is 82.3 Å².